The van der Waals surface area contributed by atoms with Crippen LogP contribution in [0.1, 0.15) is 16.5 Å². The van der Waals surface area contributed by atoms with E-state index in [4.69, 9.17) is 14.2 Å². The van der Waals surface area contributed by atoms with Crippen LogP contribution in [0.3, 0.4) is 0 Å². The highest BCUT2D eigenvalue weighted by atomic mass is 32.2. The second-order valence-corrected chi connectivity index (χ2v) is 7.01. The van der Waals surface area contributed by atoms with Gasteiger partial charge >= 0.3 is 0 Å². The lowest BCUT2D eigenvalue weighted by molar-refractivity contribution is -0.128. The van der Waals surface area contributed by atoms with Crippen molar-refractivity contribution in [2.45, 2.75) is 11.8 Å². The molecule has 0 aliphatic carbocycles. The van der Waals surface area contributed by atoms with Gasteiger partial charge in [-0.1, -0.05) is 30.3 Å². The van der Waals surface area contributed by atoms with E-state index in [0.29, 0.717) is 29.5 Å². The Bertz CT molecular complexity index is 741. The molecule has 0 bridgehead atoms. The van der Waals surface area contributed by atoms with E-state index < -0.39 is 0 Å². The zero-order valence-electron chi connectivity index (χ0n) is 15.2. The molecule has 6 heteroatoms. The summed E-state index contributed by atoms with van der Waals surface area (Å²) in [6.45, 7) is 0.678. The summed E-state index contributed by atoms with van der Waals surface area (Å²) in [4.78, 5) is 14.4. The van der Waals surface area contributed by atoms with Crippen molar-refractivity contribution >= 4 is 17.7 Å². The second-order valence-electron chi connectivity index (χ2n) is 5.94. The molecule has 0 spiro atoms. The molecule has 26 heavy (non-hydrogen) atoms. The molecule has 1 aliphatic rings. The molecule has 5 nitrogen and oxygen atoms in total. The minimum atomic E-state index is -0.0556. The van der Waals surface area contributed by atoms with Crippen LogP contribution in [-0.2, 0) is 11.2 Å². The summed E-state index contributed by atoms with van der Waals surface area (Å²) in [5.74, 6) is 2.40. The topological polar surface area (TPSA) is 48.0 Å². The van der Waals surface area contributed by atoms with Crippen LogP contribution in [0, 0.1) is 0 Å². The van der Waals surface area contributed by atoms with E-state index in [-0.39, 0.29) is 11.3 Å². The zero-order valence-corrected chi connectivity index (χ0v) is 16.0. The highest BCUT2D eigenvalue weighted by Crippen LogP contribution is 2.45. The molecule has 1 atom stereocenters. The maximum absolute atomic E-state index is 12.4. The SMILES string of the molecule is COc1cc([C@@H]2SCC(=O)N2CCc2ccccc2)cc(OC)c1OC. The summed E-state index contributed by atoms with van der Waals surface area (Å²) >= 11 is 1.62. The Hall–Kier alpha value is -2.34. The summed E-state index contributed by atoms with van der Waals surface area (Å²) in [5.41, 5.74) is 2.20. The molecule has 0 radical (unpaired) electrons. The molecule has 1 aliphatic heterocycles. The van der Waals surface area contributed by atoms with Crippen LogP contribution in [0.5, 0.6) is 17.2 Å². The number of ether oxygens (including phenoxy) is 3. The Balaban J connectivity index is 1.85. The van der Waals surface area contributed by atoms with Gasteiger partial charge < -0.3 is 19.1 Å². The quantitative estimate of drug-likeness (QED) is 0.743. The number of hydrogen-bond donors (Lipinski definition) is 0. The van der Waals surface area contributed by atoms with Crippen LogP contribution in [0.25, 0.3) is 0 Å². The Morgan fingerprint density at radius 1 is 1.04 bits per heavy atom. The van der Waals surface area contributed by atoms with Gasteiger partial charge in [0.15, 0.2) is 11.5 Å². The van der Waals surface area contributed by atoms with Gasteiger partial charge in [0.1, 0.15) is 5.37 Å². The van der Waals surface area contributed by atoms with Crippen molar-refractivity contribution in [1.82, 2.24) is 4.90 Å². The Morgan fingerprint density at radius 3 is 2.27 bits per heavy atom. The fourth-order valence-corrected chi connectivity index (χ4v) is 4.31. The maximum Gasteiger partial charge on any atom is 0.233 e. The predicted octanol–water partition coefficient (Wildman–Crippen LogP) is 3.53. The Kier molecular flexibility index (Phi) is 5.93. The Morgan fingerprint density at radius 2 is 1.69 bits per heavy atom. The molecule has 138 valence electrons. The standard InChI is InChI=1S/C20H23NO4S/c1-23-16-11-15(12-17(24-2)19(16)25-3)20-21(18(22)13-26-20)10-9-14-7-5-4-6-8-14/h4-8,11-12,20H,9-10,13H2,1-3H3/t20-/m0/s1. The van der Waals surface area contributed by atoms with Gasteiger partial charge in [0, 0.05) is 6.54 Å². The van der Waals surface area contributed by atoms with E-state index in [1.54, 1.807) is 33.1 Å². The third kappa shape index (κ3) is 3.75. The average molecular weight is 373 g/mol. The zero-order chi connectivity index (χ0) is 18.5. The molecule has 2 aromatic carbocycles. The van der Waals surface area contributed by atoms with Crippen molar-refractivity contribution in [1.29, 1.82) is 0 Å². The minimum absolute atomic E-state index is 0.0556. The van der Waals surface area contributed by atoms with E-state index in [0.717, 1.165) is 12.0 Å². The van der Waals surface area contributed by atoms with Crippen LogP contribution in [0.15, 0.2) is 42.5 Å². The molecule has 1 amide bonds. The third-order valence-electron chi connectivity index (χ3n) is 4.42. The van der Waals surface area contributed by atoms with Crippen LogP contribution >= 0.6 is 11.8 Å². The van der Waals surface area contributed by atoms with Gasteiger partial charge in [0.2, 0.25) is 11.7 Å². The van der Waals surface area contributed by atoms with Crippen LogP contribution in [0.4, 0.5) is 0 Å². The number of carbonyl (C=O) groups excluding carboxylic acids is 1. The number of amides is 1. The highest BCUT2D eigenvalue weighted by Gasteiger charge is 2.33. The lowest BCUT2D eigenvalue weighted by atomic mass is 10.1. The molecule has 1 saturated heterocycles. The summed E-state index contributed by atoms with van der Waals surface area (Å²) < 4.78 is 16.3. The lowest BCUT2D eigenvalue weighted by Gasteiger charge is -2.25. The second kappa shape index (κ2) is 8.36. The number of thioether (sulfide) groups is 1. The molecule has 0 aromatic heterocycles. The number of benzene rings is 2. The normalized spacial score (nSPS) is 16.7. The van der Waals surface area contributed by atoms with Gasteiger partial charge in [-0.2, -0.15) is 0 Å². The summed E-state index contributed by atoms with van der Waals surface area (Å²) in [5, 5.41) is -0.0556. The number of nitrogens with zero attached hydrogens (tertiary/aromatic N) is 1. The summed E-state index contributed by atoms with van der Waals surface area (Å²) in [6, 6.07) is 14.1. The number of methoxy groups -OCH3 is 3. The number of hydrogen-bond acceptors (Lipinski definition) is 5. The highest BCUT2D eigenvalue weighted by molar-refractivity contribution is 8.00. The third-order valence-corrected chi connectivity index (χ3v) is 5.68. The largest absolute Gasteiger partial charge is 0.493 e. The van der Waals surface area contributed by atoms with Gasteiger partial charge in [-0.3, -0.25) is 4.79 Å². The Labute approximate surface area is 158 Å². The van der Waals surface area contributed by atoms with Crippen molar-refractivity contribution in [3.8, 4) is 17.2 Å². The van der Waals surface area contributed by atoms with Crippen molar-refractivity contribution in [3.05, 3.63) is 53.6 Å². The number of carbonyl (C=O) groups is 1. The van der Waals surface area contributed by atoms with E-state index >= 15 is 0 Å². The molecule has 1 fully saturated rings. The van der Waals surface area contributed by atoms with Crippen molar-refractivity contribution < 1.29 is 19.0 Å². The van der Waals surface area contributed by atoms with Gasteiger partial charge in [0.05, 0.1) is 27.1 Å². The predicted molar refractivity (Wildman–Crippen MR) is 103 cm³/mol. The molecule has 3 rings (SSSR count). The van der Waals surface area contributed by atoms with E-state index in [2.05, 4.69) is 12.1 Å². The first-order valence-electron chi connectivity index (χ1n) is 8.42. The minimum Gasteiger partial charge on any atom is -0.493 e. The van der Waals surface area contributed by atoms with Crippen LogP contribution in [0.2, 0.25) is 0 Å². The van der Waals surface area contributed by atoms with E-state index in [1.807, 2.05) is 35.2 Å². The van der Waals surface area contributed by atoms with Gasteiger partial charge in [0.25, 0.3) is 0 Å². The smallest absolute Gasteiger partial charge is 0.233 e. The summed E-state index contributed by atoms with van der Waals surface area (Å²) in [6.07, 6.45) is 0.827. The molecular formula is C20H23NO4S. The van der Waals surface area contributed by atoms with Gasteiger partial charge in [-0.15, -0.1) is 11.8 Å². The molecule has 1 heterocycles. The van der Waals surface area contributed by atoms with E-state index in [9.17, 15) is 4.79 Å². The molecular weight excluding hydrogens is 350 g/mol. The van der Waals surface area contributed by atoms with E-state index in [1.165, 1.54) is 5.56 Å². The van der Waals surface area contributed by atoms with Crippen molar-refractivity contribution in [2.75, 3.05) is 33.6 Å². The lowest BCUT2D eigenvalue weighted by Crippen LogP contribution is -2.30. The molecule has 0 N–H and O–H groups in total. The van der Waals surface area contributed by atoms with Crippen LogP contribution in [-0.4, -0.2) is 44.4 Å². The van der Waals surface area contributed by atoms with Crippen LogP contribution < -0.4 is 14.2 Å². The van der Waals surface area contributed by atoms with Gasteiger partial charge in [-0.25, -0.2) is 0 Å². The molecule has 0 unspecified atom stereocenters. The monoisotopic (exact) mass is 373 g/mol. The van der Waals surface area contributed by atoms with Crippen molar-refractivity contribution in [2.24, 2.45) is 0 Å². The van der Waals surface area contributed by atoms with Gasteiger partial charge in [-0.05, 0) is 29.7 Å². The maximum atomic E-state index is 12.4. The summed E-state index contributed by atoms with van der Waals surface area (Å²) in [7, 11) is 4.78. The first kappa shape index (κ1) is 18.5. The number of rotatable bonds is 7. The molecule has 0 saturated carbocycles. The molecule has 2 aromatic rings. The first-order chi connectivity index (χ1) is 12.7. The fraction of sp³-hybridized carbons (Fsp3) is 0.350. The average Bonchev–Trinajstić information content (AvgIpc) is 3.06. The van der Waals surface area contributed by atoms with Crippen molar-refractivity contribution in [3.63, 3.8) is 0 Å². The first-order valence-corrected chi connectivity index (χ1v) is 9.47. The fourth-order valence-electron chi connectivity index (χ4n) is 3.11.